The maximum absolute atomic E-state index is 12.0. The van der Waals surface area contributed by atoms with Crippen molar-refractivity contribution in [2.24, 2.45) is 0 Å². The SMILES string of the molecule is O=C(O)CCCc1ccc(SC(F)(F)F)cc1. The third-order valence-corrected chi connectivity index (χ3v) is 2.75. The number of hydrogen-bond donors (Lipinski definition) is 1. The van der Waals surface area contributed by atoms with Gasteiger partial charge < -0.3 is 5.11 Å². The molecule has 0 aliphatic carbocycles. The van der Waals surface area contributed by atoms with Gasteiger partial charge in [0.2, 0.25) is 0 Å². The van der Waals surface area contributed by atoms with Crippen LogP contribution in [0.25, 0.3) is 0 Å². The molecule has 0 amide bonds. The molecule has 1 N–H and O–H groups in total. The van der Waals surface area contributed by atoms with Crippen LogP contribution in [0.2, 0.25) is 0 Å². The van der Waals surface area contributed by atoms with E-state index in [0.717, 1.165) is 5.56 Å². The molecule has 1 aromatic rings. The second-order valence-electron chi connectivity index (χ2n) is 3.44. The fourth-order valence-corrected chi connectivity index (χ4v) is 1.84. The standard InChI is InChI=1S/C11H11F3O2S/c12-11(13,14)17-9-6-4-8(5-7-9)2-1-3-10(15)16/h4-7H,1-3H2,(H,15,16). The number of carboxylic acid groups (broad SMARTS) is 1. The second-order valence-corrected chi connectivity index (χ2v) is 4.58. The van der Waals surface area contributed by atoms with Crippen LogP contribution in [0.1, 0.15) is 18.4 Å². The fourth-order valence-electron chi connectivity index (χ4n) is 1.30. The van der Waals surface area contributed by atoms with Crippen molar-refractivity contribution in [3.63, 3.8) is 0 Å². The molecule has 0 bridgehead atoms. The predicted molar refractivity (Wildman–Crippen MR) is 58.9 cm³/mol. The summed E-state index contributed by atoms with van der Waals surface area (Å²) in [5.74, 6) is -0.866. The Hall–Kier alpha value is -1.17. The molecule has 94 valence electrons. The highest BCUT2D eigenvalue weighted by molar-refractivity contribution is 8.00. The summed E-state index contributed by atoms with van der Waals surface area (Å²) in [4.78, 5) is 10.4. The molecule has 0 spiro atoms. The van der Waals surface area contributed by atoms with Crippen molar-refractivity contribution in [1.82, 2.24) is 0 Å². The minimum absolute atomic E-state index is 0.0685. The third kappa shape index (κ3) is 6.21. The van der Waals surface area contributed by atoms with Crippen molar-refractivity contribution in [2.45, 2.75) is 29.7 Å². The predicted octanol–water partition coefficient (Wildman–Crippen LogP) is 3.71. The first-order chi connectivity index (χ1) is 7.87. The summed E-state index contributed by atoms with van der Waals surface area (Å²) in [6.07, 6.45) is 1.11. The van der Waals surface area contributed by atoms with Gasteiger partial charge in [-0.05, 0) is 42.3 Å². The molecule has 0 aliphatic rings. The zero-order valence-electron chi connectivity index (χ0n) is 8.83. The van der Waals surface area contributed by atoms with E-state index in [4.69, 9.17) is 5.11 Å². The van der Waals surface area contributed by atoms with Gasteiger partial charge in [-0.1, -0.05) is 12.1 Å². The number of hydrogen-bond acceptors (Lipinski definition) is 2. The van der Waals surface area contributed by atoms with E-state index in [0.29, 0.717) is 12.8 Å². The Labute approximate surface area is 101 Å². The molecule has 1 rings (SSSR count). The van der Waals surface area contributed by atoms with Gasteiger partial charge in [0.05, 0.1) is 0 Å². The number of aryl methyl sites for hydroxylation is 1. The van der Waals surface area contributed by atoms with Gasteiger partial charge in [0, 0.05) is 11.3 Å². The van der Waals surface area contributed by atoms with E-state index in [1.807, 2.05) is 0 Å². The maximum atomic E-state index is 12.0. The molecule has 0 fully saturated rings. The van der Waals surface area contributed by atoms with Crippen LogP contribution in [-0.2, 0) is 11.2 Å². The number of carboxylic acids is 1. The van der Waals surface area contributed by atoms with E-state index >= 15 is 0 Å². The van der Waals surface area contributed by atoms with Gasteiger partial charge in [0.1, 0.15) is 0 Å². The smallest absolute Gasteiger partial charge is 0.446 e. The first kappa shape index (κ1) is 13.9. The van der Waals surface area contributed by atoms with Gasteiger partial charge in [-0.15, -0.1) is 0 Å². The van der Waals surface area contributed by atoms with E-state index < -0.39 is 11.5 Å². The largest absolute Gasteiger partial charge is 0.481 e. The lowest BCUT2D eigenvalue weighted by Gasteiger charge is -2.06. The van der Waals surface area contributed by atoms with Crippen molar-refractivity contribution in [2.75, 3.05) is 0 Å². The highest BCUT2D eigenvalue weighted by atomic mass is 32.2. The first-order valence-corrected chi connectivity index (χ1v) is 5.75. The van der Waals surface area contributed by atoms with Crippen LogP contribution >= 0.6 is 11.8 Å². The second kappa shape index (κ2) is 5.95. The number of halogens is 3. The molecule has 0 heterocycles. The summed E-state index contributed by atoms with van der Waals surface area (Å²) < 4.78 is 36.1. The lowest BCUT2D eigenvalue weighted by Crippen LogP contribution is -1.99. The van der Waals surface area contributed by atoms with E-state index in [2.05, 4.69) is 0 Å². The van der Waals surface area contributed by atoms with Gasteiger partial charge in [-0.2, -0.15) is 13.2 Å². The van der Waals surface area contributed by atoms with Crippen LogP contribution in [0.5, 0.6) is 0 Å². The number of alkyl halides is 3. The molecule has 0 saturated heterocycles. The van der Waals surface area contributed by atoms with Crippen molar-refractivity contribution in [3.8, 4) is 0 Å². The minimum atomic E-state index is -4.27. The average Bonchev–Trinajstić information content (AvgIpc) is 2.18. The molecule has 0 aliphatic heterocycles. The molecule has 17 heavy (non-hydrogen) atoms. The Kier molecular flexibility index (Phi) is 4.86. The van der Waals surface area contributed by atoms with E-state index in [-0.39, 0.29) is 23.1 Å². The summed E-state index contributed by atoms with van der Waals surface area (Å²) in [5, 5.41) is 8.43. The van der Waals surface area contributed by atoms with Crippen LogP contribution in [-0.4, -0.2) is 16.6 Å². The summed E-state index contributed by atoms with van der Waals surface area (Å²) in [7, 11) is 0. The number of thioether (sulfide) groups is 1. The first-order valence-electron chi connectivity index (χ1n) is 4.93. The Morgan fingerprint density at radius 2 is 1.82 bits per heavy atom. The van der Waals surface area contributed by atoms with Gasteiger partial charge in [-0.3, -0.25) is 4.79 Å². The van der Waals surface area contributed by atoms with Gasteiger partial charge in [0.15, 0.2) is 0 Å². The van der Waals surface area contributed by atoms with Gasteiger partial charge in [-0.25, -0.2) is 0 Å². The Morgan fingerprint density at radius 3 is 2.29 bits per heavy atom. The third-order valence-electron chi connectivity index (χ3n) is 2.01. The summed E-state index contributed by atoms with van der Waals surface area (Å²) in [5.41, 5.74) is -3.43. The molecule has 0 atom stereocenters. The minimum Gasteiger partial charge on any atom is -0.481 e. The Bertz CT molecular complexity index is 373. The van der Waals surface area contributed by atoms with Crippen LogP contribution < -0.4 is 0 Å². The summed E-state index contributed by atoms with van der Waals surface area (Å²) in [6.45, 7) is 0. The van der Waals surface area contributed by atoms with Gasteiger partial charge >= 0.3 is 11.5 Å². The number of aliphatic carboxylic acids is 1. The zero-order chi connectivity index (χ0) is 12.9. The topological polar surface area (TPSA) is 37.3 Å². The number of carbonyl (C=O) groups is 1. The van der Waals surface area contributed by atoms with E-state index in [9.17, 15) is 18.0 Å². The number of benzene rings is 1. The molecule has 0 radical (unpaired) electrons. The molecule has 0 unspecified atom stereocenters. The normalized spacial score (nSPS) is 11.5. The quantitative estimate of drug-likeness (QED) is 0.824. The van der Waals surface area contributed by atoms with Crippen LogP contribution in [0, 0.1) is 0 Å². The van der Waals surface area contributed by atoms with Crippen molar-refractivity contribution < 1.29 is 23.1 Å². The molecular weight excluding hydrogens is 253 g/mol. The van der Waals surface area contributed by atoms with Crippen LogP contribution in [0.4, 0.5) is 13.2 Å². The maximum Gasteiger partial charge on any atom is 0.446 e. The van der Waals surface area contributed by atoms with Crippen LogP contribution in [0.15, 0.2) is 29.2 Å². The van der Waals surface area contributed by atoms with Crippen molar-refractivity contribution in [1.29, 1.82) is 0 Å². The number of rotatable bonds is 5. The average molecular weight is 264 g/mol. The molecule has 6 heteroatoms. The molecular formula is C11H11F3O2S. The highest BCUT2D eigenvalue weighted by Gasteiger charge is 2.28. The Morgan fingerprint density at radius 1 is 1.24 bits per heavy atom. The molecule has 0 aromatic heterocycles. The lowest BCUT2D eigenvalue weighted by molar-refractivity contribution is -0.137. The summed E-state index contributed by atoms with van der Waals surface area (Å²) >= 11 is -0.156. The Balaban J connectivity index is 2.47. The van der Waals surface area contributed by atoms with Gasteiger partial charge in [0.25, 0.3) is 0 Å². The van der Waals surface area contributed by atoms with E-state index in [1.54, 1.807) is 12.1 Å². The van der Waals surface area contributed by atoms with Crippen LogP contribution in [0.3, 0.4) is 0 Å². The van der Waals surface area contributed by atoms with Crippen molar-refractivity contribution in [3.05, 3.63) is 29.8 Å². The lowest BCUT2D eigenvalue weighted by atomic mass is 10.1. The molecule has 1 aromatic carbocycles. The summed E-state index contributed by atoms with van der Waals surface area (Å²) in [6, 6.07) is 5.98. The van der Waals surface area contributed by atoms with Crippen molar-refractivity contribution >= 4 is 17.7 Å². The molecule has 0 saturated carbocycles. The zero-order valence-corrected chi connectivity index (χ0v) is 9.64. The molecule has 2 nitrogen and oxygen atoms in total. The monoisotopic (exact) mass is 264 g/mol. The van der Waals surface area contributed by atoms with E-state index in [1.165, 1.54) is 12.1 Å². The fraction of sp³-hybridized carbons (Fsp3) is 0.364. The highest BCUT2D eigenvalue weighted by Crippen LogP contribution is 2.36.